The summed E-state index contributed by atoms with van der Waals surface area (Å²) in [5, 5.41) is 4.47. The maximum atomic E-state index is 13.1. The molecular formula is C23H26ClN3O2S. The minimum Gasteiger partial charge on any atom is -0.355 e. The van der Waals surface area contributed by atoms with Gasteiger partial charge in [0, 0.05) is 25.7 Å². The molecule has 1 saturated heterocycles. The van der Waals surface area contributed by atoms with Crippen molar-refractivity contribution in [3.63, 3.8) is 0 Å². The third-order valence-electron chi connectivity index (χ3n) is 5.61. The molecule has 7 heteroatoms. The molecule has 3 aromatic rings. The average Bonchev–Trinajstić information content (AvgIpc) is 3.36. The summed E-state index contributed by atoms with van der Waals surface area (Å²) in [6, 6.07) is 19.2. The molecule has 158 valence electrons. The maximum Gasteiger partial charge on any atom is 0.184 e. The molecule has 0 bridgehead atoms. The predicted octanol–water partition coefficient (Wildman–Crippen LogP) is 4.53. The van der Waals surface area contributed by atoms with Crippen molar-refractivity contribution < 1.29 is 8.42 Å². The summed E-state index contributed by atoms with van der Waals surface area (Å²) in [5.41, 5.74) is 2.26. The number of sulfone groups is 1. The Labute approximate surface area is 183 Å². The number of aryl methyl sites for hydroxylation is 3. The summed E-state index contributed by atoms with van der Waals surface area (Å²) in [7, 11) is -3.47. The smallest absolute Gasteiger partial charge is 0.184 e. The summed E-state index contributed by atoms with van der Waals surface area (Å²) >= 11 is 6.17. The van der Waals surface area contributed by atoms with Crippen LogP contribution in [0.1, 0.15) is 24.1 Å². The Balaban J connectivity index is 1.46. The first kappa shape index (κ1) is 20.9. The fourth-order valence-corrected chi connectivity index (χ4v) is 6.29. The molecule has 2 aromatic carbocycles. The van der Waals surface area contributed by atoms with Crippen LogP contribution in [0.4, 0.5) is 5.82 Å². The van der Waals surface area contributed by atoms with Crippen LogP contribution in [0.15, 0.2) is 65.6 Å². The zero-order valence-electron chi connectivity index (χ0n) is 17.0. The van der Waals surface area contributed by atoms with Crippen molar-refractivity contribution in [1.29, 1.82) is 0 Å². The van der Waals surface area contributed by atoms with E-state index in [0.29, 0.717) is 19.5 Å². The molecule has 1 aliphatic rings. The van der Waals surface area contributed by atoms with E-state index in [1.54, 1.807) is 24.3 Å². The summed E-state index contributed by atoms with van der Waals surface area (Å²) in [5.74, 6) is 0.998. The topological polar surface area (TPSA) is 55.2 Å². The summed E-state index contributed by atoms with van der Waals surface area (Å²) in [6.45, 7) is 3.93. The second kappa shape index (κ2) is 8.82. The van der Waals surface area contributed by atoms with E-state index < -0.39 is 15.1 Å². The van der Waals surface area contributed by atoms with Crippen molar-refractivity contribution in [2.75, 3.05) is 18.0 Å². The largest absolute Gasteiger partial charge is 0.355 e. The number of hydrogen-bond acceptors (Lipinski definition) is 4. The second-order valence-corrected chi connectivity index (χ2v) is 10.4. The van der Waals surface area contributed by atoms with Crippen LogP contribution < -0.4 is 4.90 Å². The molecule has 30 heavy (non-hydrogen) atoms. The van der Waals surface area contributed by atoms with Crippen molar-refractivity contribution >= 4 is 27.3 Å². The Bertz CT molecular complexity index is 1110. The lowest BCUT2D eigenvalue weighted by Crippen LogP contribution is -2.28. The molecule has 5 nitrogen and oxygen atoms in total. The molecular weight excluding hydrogens is 418 g/mol. The van der Waals surface area contributed by atoms with Gasteiger partial charge in [-0.1, -0.05) is 54.1 Å². The lowest BCUT2D eigenvalue weighted by molar-refractivity contribution is 0.569. The van der Waals surface area contributed by atoms with Gasteiger partial charge in [0.2, 0.25) is 0 Å². The Morgan fingerprint density at radius 1 is 1.10 bits per heavy atom. The van der Waals surface area contributed by atoms with Crippen molar-refractivity contribution in [2.45, 2.75) is 42.9 Å². The number of anilines is 1. The Morgan fingerprint density at radius 2 is 1.83 bits per heavy atom. The van der Waals surface area contributed by atoms with Crippen molar-refractivity contribution in [3.8, 4) is 0 Å². The van der Waals surface area contributed by atoms with Crippen LogP contribution in [0.2, 0.25) is 5.02 Å². The third kappa shape index (κ3) is 4.40. The van der Waals surface area contributed by atoms with Gasteiger partial charge in [0.05, 0.1) is 20.9 Å². The van der Waals surface area contributed by atoms with Gasteiger partial charge in [-0.3, -0.25) is 0 Å². The van der Waals surface area contributed by atoms with Gasteiger partial charge in [-0.15, -0.1) is 0 Å². The average molecular weight is 444 g/mol. The first-order valence-corrected chi connectivity index (χ1v) is 12.2. The van der Waals surface area contributed by atoms with Gasteiger partial charge in [-0.2, -0.15) is 5.10 Å². The number of benzene rings is 2. The van der Waals surface area contributed by atoms with E-state index >= 15 is 0 Å². The van der Waals surface area contributed by atoms with E-state index in [-0.39, 0.29) is 9.92 Å². The molecule has 0 N–H and O–H groups in total. The van der Waals surface area contributed by atoms with Crippen LogP contribution in [-0.2, 0) is 22.8 Å². The van der Waals surface area contributed by atoms with E-state index in [0.717, 1.165) is 30.9 Å². The van der Waals surface area contributed by atoms with E-state index in [9.17, 15) is 8.42 Å². The van der Waals surface area contributed by atoms with Crippen LogP contribution in [0.3, 0.4) is 0 Å². The maximum absolute atomic E-state index is 13.1. The first-order valence-electron chi connectivity index (χ1n) is 10.3. The molecule has 0 aliphatic carbocycles. The lowest BCUT2D eigenvalue weighted by atomic mass is 10.1. The number of halogens is 1. The molecule has 1 fully saturated rings. The van der Waals surface area contributed by atoms with Crippen LogP contribution >= 0.6 is 11.6 Å². The van der Waals surface area contributed by atoms with Crippen LogP contribution in [-0.4, -0.2) is 36.5 Å². The van der Waals surface area contributed by atoms with Gasteiger partial charge in [0.15, 0.2) is 9.84 Å². The van der Waals surface area contributed by atoms with E-state index in [4.69, 9.17) is 11.6 Å². The Hall–Kier alpha value is -2.31. The molecule has 0 spiro atoms. The standard InChI is InChI=1S/C23H26ClN3O2S/c1-18-16-23(27(25-18)14-7-10-19-8-3-2-4-9-19)26-15-13-20(17-26)30(28,29)22-12-6-5-11-21(22)24/h2-6,8-9,11-12,16,20H,7,10,13-15,17H2,1H3. The second-order valence-electron chi connectivity index (χ2n) is 7.79. The summed E-state index contributed by atoms with van der Waals surface area (Å²) in [4.78, 5) is 2.37. The molecule has 2 heterocycles. The minimum absolute atomic E-state index is 0.228. The van der Waals surface area contributed by atoms with Gasteiger partial charge in [-0.05, 0) is 43.9 Å². The van der Waals surface area contributed by atoms with E-state index in [2.05, 4.69) is 34.3 Å². The number of nitrogens with zero attached hydrogens (tertiary/aromatic N) is 3. The molecule has 1 unspecified atom stereocenters. The Morgan fingerprint density at radius 3 is 2.60 bits per heavy atom. The van der Waals surface area contributed by atoms with Gasteiger partial charge < -0.3 is 4.90 Å². The van der Waals surface area contributed by atoms with E-state index in [1.807, 2.05) is 23.7 Å². The molecule has 0 saturated carbocycles. The first-order chi connectivity index (χ1) is 14.4. The number of hydrogen-bond donors (Lipinski definition) is 0. The highest BCUT2D eigenvalue weighted by Gasteiger charge is 2.36. The van der Waals surface area contributed by atoms with E-state index in [1.165, 1.54) is 5.56 Å². The van der Waals surface area contributed by atoms with Crippen LogP contribution in [0.25, 0.3) is 0 Å². The molecule has 0 radical (unpaired) electrons. The minimum atomic E-state index is -3.47. The van der Waals surface area contributed by atoms with Crippen LogP contribution in [0.5, 0.6) is 0 Å². The molecule has 1 atom stereocenters. The van der Waals surface area contributed by atoms with Gasteiger partial charge >= 0.3 is 0 Å². The highest BCUT2D eigenvalue weighted by molar-refractivity contribution is 7.92. The Kier molecular flexibility index (Phi) is 6.16. The van der Waals surface area contributed by atoms with Crippen molar-refractivity contribution in [2.24, 2.45) is 0 Å². The molecule has 1 aliphatic heterocycles. The predicted molar refractivity (Wildman–Crippen MR) is 121 cm³/mol. The normalized spacial score (nSPS) is 16.9. The van der Waals surface area contributed by atoms with Gasteiger partial charge in [0.1, 0.15) is 5.82 Å². The van der Waals surface area contributed by atoms with Gasteiger partial charge in [-0.25, -0.2) is 13.1 Å². The fraction of sp³-hybridized carbons (Fsp3) is 0.348. The summed E-state index contributed by atoms with van der Waals surface area (Å²) < 4.78 is 28.3. The fourth-order valence-electron chi connectivity index (χ4n) is 4.07. The lowest BCUT2D eigenvalue weighted by Gasteiger charge is -2.20. The zero-order chi connectivity index (χ0) is 21.1. The SMILES string of the molecule is Cc1cc(N2CCC(S(=O)(=O)c3ccccc3Cl)C2)n(CCCc2ccccc2)n1. The molecule has 1 aromatic heterocycles. The monoisotopic (exact) mass is 443 g/mol. The van der Waals surface area contributed by atoms with Gasteiger partial charge in [0.25, 0.3) is 0 Å². The highest BCUT2D eigenvalue weighted by atomic mass is 35.5. The number of rotatable bonds is 7. The highest BCUT2D eigenvalue weighted by Crippen LogP contribution is 2.31. The quantitative estimate of drug-likeness (QED) is 0.538. The number of aromatic nitrogens is 2. The third-order valence-corrected chi connectivity index (χ3v) is 8.28. The molecule has 4 rings (SSSR count). The molecule has 0 amide bonds. The van der Waals surface area contributed by atoms with Crippen molar-refractivity contribution in [1.82, 2.24) is 9.78 Å². The van der Waals surface area contributed by atoms with Crippen molar-refractivity contribution in [3.05, 3.63) is 76.9 Å². The summed E-state index contributed by atoms with van der Waals surface area (Å²) in [6.07, 6.45) is 2.55. The zero-order valence-corrected chi connectivity index (χ0v) is 18.6. The van der Waals surface area contributed by atoms with Crippen LogP contribution in [0, 0.1) is 6.92 Å².